The molecule has 1 N–H and O–H groups in total. The molecule has 160 valence electrons. The summed E-state index contributed by atoms with van der Waals surface area (Å²) in [6.07, 6.45) is 2.70. The van der Waals surface area contributed by atoms with Crippen molar-refractivity contribution in [3.05, 3.63) is 78.7 Å². The van der Waals surface area contributed by atoms with Gasteiger partial charge < -0.3 is 4.42 Å². The van der Waals surface area contributed by atoms with E-state index in [2.05, 4.69) is 15.4 Å². The molecule has 0 saturated carbocycles. The molecule has 0 saturated heterocycles. The van der Waals surface area contributed by atoms with Crippen molar-refractivity contribution in [3.8, 4) is 17.1 Å². The Kier molecular flexibility index (Phi) is 4.87. The van der Waals surface area contributed by atoms with E-state index < -0.39 is 15.7 Å². The second kappa shape index (κ2) is 7.74. The summed E-state index contributed by atoms with van der Waals surface area (Å²) in [6, 6.07) is 19.2. The SMILES string of the molecule is CS(=O)(=O)c1ccc2nc(NC(=O)c3cc(-c4ccco4)nn3-c3ccccc3)sc2c1. The molecule has 0 aliphatic rings. The van der Waals surface area contributed by atoms with Crippen LogP contribution in [0.2, 0.25) is 0 Å². The minimum absolute atomic E-state index is 0.205. The lowest BCUT2D eigenvalue weighted by molar-refractivity contribution is 0.101. The number of nitrogens with one attached hydrogen (secondary N) is 1. The first kappa shape index (κ1) is 20.2. The van der Waals surface area contributed by atoms with Gasteiger partial charge in [-0.15, -0.1) is 0 Å². The Morgan fingerprint density at radius 2 is 1.88 bits per heavy atom. The average Bonchev–Trinajstić information content (AvgIpc) is 3.51. The van der Waals surface area contributed by atoms with Crippen molar-refractivity contribution in [1.29, 1.82) is 0 Å². The van der Waals surface area contributed by atoms with Crippen molar-refractivity contribution < 1.29 is 17.6 Å². The van der Waals surface area contributed by atoms with Crippen molar-refractivity contribution in [2.24, 2.45) is 0 Å². The van der Waals surface area contributed by atoms with Crippen molar-refractivity contribution in [2.45, 2.75) is 4.90 Å². The molecular formula is C22H16N4O4S2. The number of rotatable bonds is 5. The summed E-state index contributed by atoms with van der Waals surface area (Å²) < 4.78 is 31.3. The second-order valence-corrected chi connectivity index (χ2v) is 10.1. The molecule has 1 amide bonds. The molecule has 32 heavy (non-hydrogen) atoms. The fourth-order valence-electron chi connectivity index (χ4n) is 3.20. The molecule has 0 unspecified atom stereocenters. The summed E-state index contributed by atoms with van der Waals surface area (Å²) in [5.41, 5.74) is 2.15. The zero-order valence-corrected chi connectivity index (χ0v) is 18.4. The third kappa shape index (κ3) is 3.81. The molecule has 0 spiro atoms. The predicted molar refractivity (Wildman–Crippen MR) is 122 cm³/mol. The Morgan fingerprint density at radius 3 is 2.59 bits per heavy atom. The van der Waals surface area contributed by atoms with Crippen LogP contribution in [-0.4, -0.2) is 35.3 Å². The van der Waals surface area contributed by atoms with E-state index in [0.717, 1.165) is 11.9 Å². The zero-order valence-electron chi connectivity index (χ0n) is 16.7. The van der Waals surface area contributed by atoms with Crippen LogP contribution in [0.25, 0.3) is 27.4 Å². The Labute approximate surface area is 187 Å². The summed E-state index contributed by atoms with van der Waals surface area (Å²) in [4.78, 5) is 17.8. The Balaban J connectivity index is 1.51. The van der Waals surface area contributed by atoms with Crippen LogP contribution in [0.1, 0.15) is 10.5 Å². The van der Waals surface area contributed by atoms with Gasteiger partial charge in [-0.25, -0.2) is 18.1 Å². The van der Waals surface area contributed by atoms with Gasteiger partial charge >= 0.3 is 0 Å². The van der Waals surface area contributed by atoms with Crippen LogP contribution < -0.4 is 5.32 Å². The van der Waals surface area contributed by atoms with E-state index in [0.29, 0.717) is 32.5 Å². The van der Waals surface area contributed by atoms with Crippen LogP contribution in [0.5, 0.6) is 0 Å². The van der Waals surface area contributed by atoms with E-state index in [1.54, 1.807) is 41.3 Å². The highest BCUT2D eigenvalue weighted by Gasteiger charge is 2.20. The number of hydrogen-bond acceptors (Lipinski definition) is 7. The molecule has 8 nitrogen and oxygen atoms in total. The van der Waals surface area contributed by atoms with Gasteiger partial charge in [0.05, 0.1) is 27.1 Å². The van der Waals surface area contributed by atoms with Crippen LogP contribution in [-0.2, 0) is 9.84 Å². The molecule has 0 atom stereocenters. The van der Waals surface area contributed by atoms with Gasteiger partial charge in [-0.2, -0.15) is 5.10 Å². The van der Waals surface area contributed by atoms with Crippen LogP contribution in [0.4, 0.5) is 5.13 Å². The normalized spacial score (nSPS) is 11.7. The molecule has 2 aromatic carbocycles. The lowest BCUT2D eigenvalue weighted by Gasteiger charge is -2.06. The minimum atomic E-state index is -3.34. The lowest BCUT2D eigenvalue weighted by atomic mass is 10.2. The van der Waals surface area contributed by atoms with Gasteiger partial charge in [0.1, 0.15) is 11.4 Å². The predicted octanol–water partition coefficient (Wildman–Crippen LogP) is 4.40. The van der Waals surface area contributed by atoms with Gasteiger partial charge in [-0.1, -0.05) is 29.5 Å². The van der Waals surface area contributed by atoms with Gasteiger partial charge in [0.2, 0.25) is 0 Å². The summed E-state index contributed by atoms with van der Waals surface area (Å²) >= 11 is 1.20. The number of aromatic nitrogens is 3. The van der Waals surface area contributed by atoms with Gasteiger partial charge in [0, 0.05) is 12.3 Å². The fourth-order valence-corrected chi connectivity index (χ4v) is 4.83. The summed E-state index contributed by atoms with van der Waals surface area (Å²) in [6.45, 7) is 0. The van der Waals surface area contributed by atoms with Gasteiger partial charge in [0.15, 0.2) is 20.7 Å². The van der Waals surface area contributed by atoms with Crippen molar-refractivity contribution in [2.75, 3.05) is 11.6 Å². The summed E-state index contributed by atoms with van der Waals surface area (Å²) in [5.74, 6) is 0.142. The standard InChI is InChI=1S/C22H16N4O4S2/c1-32(28,29)15-9-10-16-20(12-15)31-22(23-16)24-21(27)18-13-17(19-8-5-11-30-19)25-26(18)14-6-3-2-4-7-14/h2-13H,1H3,(H,23,24,27). The number of amides is 1. The molecule has 0 bridgehead atoms. The molecular weight excluding hydrogens is 448 g/mol. The quantitative estimate of drug-likeness (QED) is 0.413. The van der Waals surface area contributed by atoms with E-state index in [9.17, 15) is 13.2 Å². The molecule has 5 rings (SSSR count). The molecule has 0 aliphatic heterocycles. The highest BCUT2D eigenvalue weighted by molar-refractivity contribution is 7.90. The molecule has 0 fully saturated rings. The number of furan rings is 1. The molecule has 0 radical (unpaired) electrons. The largest absolute Gasteiger partial charge is 0.463 e. The molecule has 3 heterocycles. The number of sulfone groups is 1. The van der Waals surface area contributed by atoms with Crippen LogP contribution in [0.3, 0.4) is 0 Å². The van der Waals surface area contributed by atoms with Crippen molar-refractivity contribution >= 4 is 42.4 Å². The third-order valence-corrected chi connectivity index (χ3v) is 6.77. The maximum Gasteiger partial charge on any atom is 0.276 e. The van der Waals surface area contributed by atoms with Gasteiger partial charge in [-0.05, 0) is 42.5 Å². The minimum Gasteiger partial charge on any atom is -0.463 e. The number of carbonyl (C=O) groups is 1. The van der Waals surface area contributed by atoms with E-state index >= 15 is 0 Å². The highest BCUT2D eigenvalue weighted by atomic mass is 32.2. The van der Waals surface area contributed by atoms with E-state index in [1.165, 1.54) is 17.4 Å². The number of anilines is 1. The Bertz CT molecular complexity index is 1540. The van der Waals surface area contributed by atoms with Crippen molar-refractivity contribution in [3.63, 3.8) is 0 Å². The molecule has 5 aromatic rings. The van der Waals surface area contributed by atoms with E-state index in [4.69, 9.17) is 4.42 Å². The molecule has 0 aliphatic carbocycles. The monoisotopic (exact) mass is 464 g/mol. The van der Waals surface area contributed by atoms with Crippen molar-refractivity contribution in [1.82, 2.24) is 14.8 Å². The van der Waals surface area contributed by atoms with Crippen LogP contribution >= 0.6 is 11.3 Å². The smallest absolute Gasteiger partial charge is 0.276 e. The first-order chi connectivity index (χ1) is 15.4. The van der Waals surface area contributed by atoms with Gasteiger partial charge in [0.25, 0.3) is 5.91 Å². The van der Waals surface area contributed by atoms with Gasteiger partial charge in [-0.3, -0.25) is 10.1 Å². The number of fused-ring (bicyclic) bond motifs is 1. The first-order valence-electron chi connectivity index (χ1n) is 9.50. The number of carbonyl (C=O) groups excluding carboxylic acids is 1. The average molecular weight is 465 g/mol. The number of hydrogen-bond donors (Lipinski definition) is 1. The first-order valence-corrected chi connectivity index (χ1v) is 12.2. The lowest BCUT2D eigenvalue weighted by Crippen LogP contribution is -2.16. The summed E-state index contributed by atoms with van der Waals surface area (Å²) in [7, 11) is -3.34. The number of nitrogens with zero attached hydrogens (tertiary/aromatic N) is 3. The van der Waals surface area contributed by atoms with Crippen LogP contribution in [0, 0.1) is 0 Å². The third-order valence-electron chi connectivity index (χ3n) is 4.72. The van der Waals surface area contributed by atoms with Crippen LogP contribution in [0.15, 0.2) is 82.3 Å². The Morgan fingerprint density at radius 1 is 1.06 bits per heavy atom. The topological polar surface area (TPSA) is 107 Å². The maximum absolute atomic E-state index is 13.2. The zero-order chi connectivity index (χ0) is 22.3. The Hall–Kier alpha value is -3.76. The number of para-hydroxylation sites is 1. The second-order valence-electron chi connectivity index (χ2n) is 7.01. The highest BCUT2D eigenvalue weighted by Crippen LogP contribution is 2.29. The molecule has 3 aromatic heterocycles. The summed E-state index contributed by atoms with van der Waals surface area (Å²) in [5, 5.41) is 7.71. The van der Waals surface area contributed by atoms with E-state index in [1.807, 2.05) is 30.3 Å². The van der Waals surface area contributed by atoms with E-state index in [-0.39, 0.29) is 4.90 Å². The fraction of sp³-hybridized carbons (Fsp3) is 0.0455. The molecule has 10 heteroatoms. The maximum atomic E-state index is 13.2. The number of thiazole rings is 1. The number of benzene rings is 2.